The van der Waals surface area contributed by atoms with Crippen LogP contribution in [0, 0.1) is 6.92 Å². The molecule has 1 fully saturated rings. The summed E-state index contributed by atoms with van der Waals surface area (Å²) in [6, 6.07) is 16.1. The summed E-state index contributed by atoms with van der Waals surface area (Å²) in [5.74, 6) is 1.29. The molecule has 1 unspecified atom stereocenters. The maximum atomic E-state index is 13.0. The number of aryl methyl sites for hydroxylation is 1. The zero-order valence-electron chi connectivity index (χ0n) is 17.1. The molecule has 7 heteroatoms. The zero-order chi connectivity index (χ0) is 20.8. The highest BCUT2D eigenvalue weighted by molar-refractivity contribution is 7.98. The van der Waals surface area contributed by atoms with Crippen molar-refractivity contribution in [2.45, 2.75) is 36.6 Å². The van der Waals surface area contributed by atoms with Gasteiger partial charge in [0.2, 0.25) is 0 Å². The standard InChI is InChI=1S/C23H26N4O2S/c1-17-14-19(26-29-17)16-30-23-20(10-7-11-24-23)22(28)25-15-21(27-12-5-6-13-27)18-8-3-2-4-9-18/h2-4,7-11,14,21H,5-6,12-13,15-16H2,1H3,(H,25,28). The Morgan fingerprint density at radius 3 is 2.73 bits per heavy atom. The lowest BCUT2D eigenvalue weighted by Gasteiger charge is -2.28. The Balaban J connectivity index is 1.43. The van der Waals surface area contributed by atoms with Crippen molar-refractivity contribution in [2.24, 2.45) is 0 Å². The lowest BCUT2D eigenvalue weighted by atomic mass is 10.1. The Bertz CT molecular complexity index is 970. The van der Waals surface area contributed by atoms with E-state index >= 15 is 0 Å². The Kier molecular flexibility index (Phi) is 6.81. The zero-order valence-corrected chi connectivity index (χ0v) is 17.9. The van der Waals surface area contributed by atoms with E-state index in [9.17, 15) is 4.79 Å². The van der Waals surface area contributed by atoms with Gasteiger partial charge in [0, 0.05) is 24.6 Å². The summed E-state index contributed by atoms with van der Waals surface area (Å²) in [5, 5.41) is 7.86. The number of thioether (sulfide) groups is 1. The molecule has 1 N–H and O–H groups in total. The Morgan fingerprint density at radius 2 is 2.00 bits per heavy atom. The van der Waals surface area contributed by atoms with E-state index in [-0.39, 0.29) is 11.9 Å². The van der Waals surface area contributed by atoms with Gasteiger partial charge in [-0.2, -0.15) is 0 Å². The first-order valence-electron chi connectivity index (χ1n) is 10.3. The van der Waals surface area contributed by atoms with Gasteiger partial charge in [0.25, 0.3) is 5.91 Å². The Morgan fingerprint density at radius 1 is 1.20 bits per heavy atom. The van der Waals surface area contributed by atoms with Crippen LogP contribution >= 0.6 is 11.8 Å². The monoisotopic (exact) mass is 422 g/mol. The number of amides is 1. The second-order valence-corrected chi connectivity index (χ2v) is 8.42. The number of benzene rings is 1. The average molecular weight is 423 g/mol. The van der Waals surface area contributed by atoms with E-state index in [1.165, 1.54) is 30.2 Å². The number of nitrogens with zero attached hydrogens (tertiary/aromatic N) is 3. The van der Waals surface area contributed by atoms with Crippen LogP contribution in [-0.2, 0) is 5.75 Å². The first kappa shape index (κ1) is 20.6. The summed E-state index contributed by atoms with van der Waals surface area (Å²) in [7, 11) is 0. The molecule has 3 heterocycles. The molecule has 1 atom stereocenters. The molecule has 3 aromatic rings. The number of carbonyl (C=O) groups excluding carboxylic acids is 1. The second kappa shape index (κ2) is 9.91. The summed E-state index contributed by atoms with van der Waals surface area (Å²) < 4.78 is 5.12. The van der Waals surface area contributed by atoms with E-state index in [2.05, 4.69) is 44.6 Å². The van der Waals surface area contributed by atoms with Crippen LogP contribution < -0.4 is 5.32 Å². The van der Waals surface area contributed by atoms with E-state index in [0.29, 0.717) is 22.9 Å². The smallest absolute Gasteiger partial charge is 0.254 e. The van der Waals surface area contributed by atoms with Crippen molar-refractivity contribution < 1.29 is 9.32 Å². The third kappa shape index (κ3) is 5.09. The normalized spacial score (nSPS) is 15.2. The van der Waals surface area contributed by atoms with Crippen LogP contribution in [0.2, 0.25) is 0 Å². The first-order valence-corrected chi connectivity index (χ1v) is 11.3. The Hall–Kier alpha value is -2.64. The van der Waals surface area contributed by atoms with Crippen LogP contribution in [0.25, 0.3) is 0 Å². The predicted octanol–water partition coefficient (Wildman–Crippen LogP) is 4.24. The van der Waals surface area contributed by atoms with E-state index in [1.54, 1.807) is 12.3 Å². The molecule has 0 aliphatic carbocycles. The SMILES string of the molecule is Cc1cc(CSc2ncccc2C(=O)NCC(c2ccccc2)N2CCCC2)no1. The van der Waals surface area contributed by atoms with E-state index in [4.69, 9.17) is 4.52 Å². The van der Waals surface area contributed by atoms with Gasteiger partial charge in [-0.1, -0.05) is 47.3 Å². The highest BCUT2D eigenvalue weighted by Gasteiger charge is 2.24. The quantitative estimate of drug-likeness (QED) is 0.548. The van der Waals surface area contributed by atoms with Crippen LogP contribution in [0.4, 0.5) is 0 Å². The van der Waals surface area contributed by atoms with Crippen molar-refractivity contribution in [3.63, 3.8) is 0 Å². The van der Waals surface area contributed by atoms with Crippen LogP contribution in [-0.4, -0.2) is 40.6 Å². The third-order valence-corrected chi connectivity index (χ3v) is 6.31. The molecule has 2 aromatic heterocycles. The van der Waals surface area contributed by atoms with Crippen molar-refractivity contribution >= 4 is 17.7 Å². The number of likely N-dealkylation sites (tertiary alicyclic amines) is 1. The number of aromatic nitrogens is 2. The van der Waals surface area contributed by atoms with Gasteiger partial charge in [0.1, 0.15) is 10.8 Å². The van der Waals surface area contributed by atoms with Crippen LogP contribution in [0.1, 0.15) is 46.3 Å². The number of rotatable bonds is 8. The molecule has 6 nitrogen and oxygen atoms in total. The van der Waals surface area contributed by atoms with Gasteiger partial charge in [-0.3, -0.25) is 9.69 Å². The molecule has 1 saturated heterocycles. The van der Waals surface area contributed by atoms with Gasteiger partial charge in [-0.15, -0.1) is 0 Å². The lowest BCUT2D eigenvalue weighted by Crippen LogP contribution is -2.37. The molecule has 156 valence electrons. The largest absolute Gasteiger partial charge is 0.361 e. The topological polar surface area (TPSA) is 71.3 Å². The molecule has 0 spiro atoms. The fraction of sp³-hybridized carbons (Fsp3) is 0.348. The molecule has 0 radical (unpaired) electrons. The number of pyridine rings is 1. The minimum atomic E-state index is -0.0953. The number of carbonyl (C=O) groups is 1. The van der Waals surface area contributed by atoms with E-state index in [1.807, 2.05) is 25.1 Å². The number of hydrogen-bond acceptors (Lipinski definition) is 6. The molecule has 1 aliphatic rings. The molecule has 4 rings (SSSR count). The van der Waals surface area contributed by atoms with Crippen molar-refractivity contribution in [2.75, 3.05) is 19.6 Å². The van der Waals surface area contributed by atoms with E-state index in [0.717, 1.165) is 24.5 Å². The van der Waals surface area contributed by atoms with E-state index < -0.39 is 0 Å². The van der Waals surface area contributed by atoms with Crippen molar-refractivity contribution in [3.05, 3.63) is 77.3 Å². The molecular weight excluding hydrogens is 396 g/mol. The van der Waals surface area contributed by atoms with Gasteiger partial charge in [-0.05, 0) is 50.6 Å². The fourth-order valence-corrected chi connectivity index (χ4v) is 4.65. The van der Waals surface area contributed by atoms with Crippen molar-refractivity contribution in [1.82, 2.24) is 20.4 Å². The molecule has 30 heavy (non-hydrogen) atoms. The Labute approximate surface area is 181 Å². The molecule has 1 amide bonds. The molecular formula is C23H26N4O2S. The fourth-order valence-electron chi connectivity index (χ4n) is 3.78. The minimum Gasteiger partial charge on any atom is -0.361 e. The van der Waals surface area contributed by atoms with Gasteiger partial charge in [-0.25, -0.2) is 4.98 Å². The number of hydrogen-bond donors (Lipinski definition) is 1. The summed E-state index contributed by atoms with van der Waals surface area (Å²) in [6.45, 7) is 4.58. The molecule has 0 saturated carbocycles. The molecule has 1 aliphatic heterocycles. The number of nitrogens with one attached hydrogen (secondary N) is 1. The second-order valence-electron chi connectivity index (χ2n) is 7.45. The average Bonchev–Trinajstić information content (AvgIpc) is 3.45. The molecule has 1 aromatic carbocycles. The lowest BCUT2D eigenvalue weighted by molar-refractivity contribution is 0.0934. The van der Waals surface area contributed by atoms with Crippen LogP contribution in [0.5, 0.6) is 0 Å². The summed E-state index contributed by atoms with van der Waals surface area (Å²) in [6.07, 6.45) is 4.13. The maximum absolute atomic E-state index is 13.0. The summed E-state index contributed by atoms with van der Waals surface area (Å²) >= 11 is 1.49. The molecule has 0 bridgehead atoms. The first-order chi connectivity index (χ1) is 14.7. The van der Waals surface area contributed by atoms with Crippen LogP contribution in [0.15, 0.2) is 64.3 Å². The van der Waals surface area contributed by atoms with Gasteiger partial charge >= 0.3 is 0 Å². The van der Waals surface area contributed by atoms with Gasteiger partial charge in [0.15, 0.2) is 0 Å². The highest BCUT2D eigenvalue weighted by atomic mass is 32.2. The summed E-state index contributed by atoms with van der Waals surface area (Å²) in [4.78, 5) is 19.9. The maximum Gasteiger partial charge on any atom is 0.254 e. The predicted molar refractivity (Wildman–Crippen MR) is 117 cm³/mol. The summed E-state index contributed by atoms with van der Waals surface area (Å²) in [5.41, 5.74) is 2.67. The van der Waals surface area contributed by atoms with Crippen molar-refractivity contribution in [3.8, 4) is 0 Å². The van der Waals surface area contributed by atoms with Gasteiger partial charge < -0.3 is 9.84 Å². The van der Waals surface area contributed by atoms with Crippen LogP contribution in [0.3, 0.4) is 0 Å². The van der Waals surface area contributed by atoms with Crippen molar-refractivity contribution in [1.29, 1.82) is 0 Å². The third-order valence-electron chi connectivity index (χ3n) is 5.27. The highest BCUT2D eigenvalue weighted by Crippen LogP contribution is 2.26. The van der Waals surface area contributed by atoms with Gasteiger partial charge in [0.05, 0.1) is 17.3 Å². The minimum absolute atomic E-state index is 0.0953.